The molecule has 2 N–H and O–H groups in total. The van der Waals surface area contributed by atoms with Crippen molar-refractivity contribution in [3.05, 3.63) is 35.4 Å². The Labute approximate surface area is 113 Å². The number of rotatable bonds is 7. The number of carboxylic acids is 1. The van der Waals surface area contributed by atoms with Gasteiger partial charge in [0.2, 0.25) is 5.91 Å². The molecule has 1 rings (SSSR count). The van der Waals surface area contributed by atoms with Crippen LogP contribution in [0.5, 0.6) is 0 Å². The third-order valence-corrected chi connectivity index (χ3v) is 3.17. The summed E-state index contributed by atoms with van der Waals surface area (Å²) in [6.07, 6.45) is 3.24. The Kier molecular flexibility index (Phi) is 6.06. The average molecular weight is 263 g/mol. The second-order valence-electron chi connectivity index (χ2n) is 4.61. The van der Waals surface area contributed by atoms with E-state index in [9.17, 15) is 14.7 Å². The number of carbonyl (C=O) groups is 2. The molecule has 104 valence electrons. The van der Waals surface area contributed by atoms with Crippen molar-refractivity contribution < 1.29 is 14.7 Å². The maximum atomic E-state index is 11.3. The summed E-state index contributed by atoms with van der Waals surface area (Å²) in [6, 6.07) is 7.52. The number of benzene rings is 1. The number of hydrogen-bond donors (Lipinski definition) is 2. The summed E-state index contributed by atoms with van der Waals surface area (Å²) in [5, 5.41) is 11.7. The largest absolute Gasteiger partial charge is 0.481 e. The van der Waals surface area contributed by atoms with Crippen LogP contribution in [0.25, 0.3) is 0 Å². The smallest absolute Gasteiger partial charge is 0.311 e. The van der Waals surface area contributed by atoms with E-state index in [1.807, 2.05) is 24.3 Å². The number of carbonyl (C=O) groups excluding carboxylic acids is 1. The lowest BCUT2D eigenvalue weighted by Gasteiger charge is -2.12. The molecule has 0 aliphatic heterocycles. The van der Waals surface area contributed by atoms with Crippen molar-refractivity contribution in [2.75, 3.05) is 7.05 Å². The van der Waals surface area contributed by atoms with Gasteiger partial charge in [0.15, 0.2) is 0 Å². The number of aliphatic carboxylic acids is 1. The van der Waals surface area contributed by atoms with E-state index in [1.165, 1.54) is 12.6 Å². The van der Waals surface area contributed by atoms with Gasteiger partial charge in [-0.15, -0.1) is 0 Å². The first-order valence-corrected chi connectivity index (χ1v) is 6.60. The molecule has 1 unspecified atom stereocenters. The first kappa shape index (κ1) is 15.2. The minimum Gasteiger partial charge on any atom is -0.481 e. The quantitative estimate of drug-likeness (QED) is 0.793. The zero-order chi connectivity index (χ0) is 14.3. The number of unbranched alkanes of at least 4 members (excludes halogenated alkanes) is 1. The minimum absolute atomic E-state index is 0.0276. The molecular weight excluding hydrogens is 242 g/mol. The van der Waals surface area contributed by atoms with E-state index in [-0.39, 0.29) is 12.3 Å². The Morgan fingerprint density at radius 2 is 1.89 bits per heavy atom. The molecule has 1 atom stereocenters. The van der Waals surface area contributed by atoms with Crippen molar-refractivity contribution >= 4 is 11.9 Å². The van der Waals surface area contributed by atoms with Gasteiger partial charge < -0.3 is 10.4 Å². The van der Waals surface area contributed by atoms with E-state index in [1.54, 1.807) is 0 Å². The van der Waals surface area contributed by atoms with E-state index < -0.39 is 11.9 Å². The zero-order valence-corrected chi connectivity index (χ0v) is 11.5. The van der Waals surface area contributed by atoms with Crippen LogP contribution >= 0.6 is 0 Å². The fraction of sp³-hybridized carbons (Fsp3) is 0.467. The molecule has 4 nitrogen and oxygen atoms in total. The van der Waals surface area contributed by atoms with Gasteiger partial charge in [0.25, 0.3) is 0 Å². The van der Waals surface area contributed by atoms with Gasteiger partial charge >= 0.3 is 5.97 Å². The molecule has 0 aromatic heterocycles. The van der Waals surface area contributed by atoms with Gasteiger partial charge in [-0.3, -0.25) is 9.59 Å². The van der Waals surface area contributed by atoms with Crippen LogP contribution in [-0.2, 0) is 16.0 Å². The van der Waals surface area contributed by atoms with Gasteiger partial charge in [0.1, 0.15) is 0 Å². The molecule has 0 bridgehead atoms. The molecule has 1 aromatic rings. The van der Waals surface area contributed by atoms with E-state index >= 15 is 0 Å². The van der Waals surface area contributed by atoms with E-state index in [0.717, 1.165) is 19.3 Å². The van der Waals surface area contributed by atoms with Crippen LogP contribution in [0.15, 0.2) is 24.3 Å². The van der Waals surface area contributed by atoms with E-state index in [2.05, 4.69) is 12.2 Å². The second kappa shape index (κ2) is 7.56. The molecule has 0 spiro atoms. The molecule has 0 saturated carbocycles. The van der Waals surface area contributed by atoms with Crippen molar-refractivity contribution in [2.24, 2.45) is 0 Å². The molecule has 0 radical (unpaired) electrons. The van der Waals surface area contributed by atoms with Crippen LogP contribution in [0.3, 0.4) is 0 Å². The fourth-order valence-corrected chi connectivity index (χ4v) is 1.93. The van der Waals surface area contributed by atoms with Gasteiger partial charge in [-0.25, -0.2) is 0 Å². The highest BCUT2D eigenvalue weighted by atomic mass is 16.4. The highest BCUT2D eigenvalue weighted by Crippen LogP contribution is 2.21. The molecule has 1 aromatic carbocycles. The van der Waals surface area contributed by atoms with Crippen molar-refractivity contribution in [1.29, 1.82) is 0 Å². The lowest BCUT2D eigenvalue weighted by Crippen LogP contribution is -2.24. The molecule has 4 heteroatoms. The van der Waals surface area contributed by atoms with E-state index in [4.69, 9.17) is 0 Å². The lowest BCUT2D eigenvalue weighted by atomic mass is 9.94. The summed E-state index contributed by atoms with van der Waals surface area (Å²) in [5.41, 5.74) is 1.88. The summed E-state index contributed by atoms with van der Waals surface area (Å²) < 4.78 is 0. The first-order valence-electron chi connectivity index (χ1n) is 6.60. The number of nitrogens with one attached hydrogen (secondary N) is 1. The van der Waals surface area contributed by atoms with Crippen LogP contribution in [0, 0.1) is 0 Å². The summed E-state index contributed by atoms with van der Waals surface area (Å²) in [7, 11) is 1.51. The number of amides is 1. The van der Waals surface area contributed by atoms with Gasteiger partial charge in [0, 0.05) is 13.5 Å². The van der Waals surface area contributed by atoms with Crippen LogP contribution in [0.4, 0.5) is 0 Å². The Morgan fingerprint density at radius 3 is 2.37 bits per heavy atom. The van der Waals surface area contributed by atoms with Gasteiger partial charge in [-0.1, -0.05) is 37.6 Å². The molecule has 19 heavy (non-hydrogen) atoms. The third kappa shape index (κ3) is 4.73. The Hall–Kier alpha value is -1.84. The van der Waals surface area contributed by atoms with Crippen LogP contribution in [-0.4, -0.2) is 24.0 Å². The summed E-state index contributed by atoms with van der Waals surface area (Å²) in [4.78, 5) is 22.6. The maximum Gasteiger partial charge on any atom is 0.311 e. The molecule has 0 fully saturated rings. The number of aryl methyl sites for hydroxylation is 1. The summed E-state index contributed by atoms with van der Waals surface area (Å²) >= 11 is 0. The van der Waals surface area contributed by atoms with Crippen molar-refractivity contribution in [2.45, 2.75) is 38.5 Å². The number of carboxylic acid groups (broad SMARTS) is 1. The van der Waals surface area contributed by atoms with Gasteiger partial charge in [-0.2, -0.15) is 0 Å². The van der Waals surface area contributed by atoms with Crippen molar-refractivity contribution in [3.8, 4) is 0 Å². The minimum atomic E-state index is -0.968. The Balaban J connectivity index is 2.79. The maximum absolute atomic E-state index is 11.3. The predicted molar refractivity (Wildman–Crippen MR) is 74.1 cm³/mol. The summed E-state index contributed by atoms with van der Waals surface area (Å²) in [6.45, 7) is 2.14. The van der Waals surface area contributed by atoms with Crippen molar-refractivity contribution in [3.63, 3.8) is 0 Å². The Bertz CT molecular complexity index is 426. The summed E-state index contributed by atoms with van der Waals surface area (Å²) in [5.74, 6) is -2.01. The van der Waals surface area contributed by atoms with Gasteiger partial charge in [-0.05, 0) is 24.0 Å². The molecule has 1 amide bonds. The zero-order valence-electron chi connectivity index (χ0n) is 11.5. The molecule has 0 saturated heterocycles. The van der Waals surface area contributed by atoms with Crippen LogP contribution < -0.4 is 5.32 Å². The predicted octanol–water partition coefficient (Wildman–Crippen LogP) is 2.33. The van der Waals surface area contributed by atoms with Crippen LogP contribution in [0.1, 0.15) is 43.2 Å². The Morgan fingerprint density at radius 1 is 1.26 bits per heavy atom. The highest BCUT2D eigenvalue weighted by molar-refractivity contribution is 5.85. The SMILES string of the molecule is CCCCc1ccc(C(CC(=O)NC)C(=O)O)cc1. The van der Waals surface area contributed by atoms with Crippen LogP contribution in [0.2, 0.25) is 0 Å². The third-order valence-electron chi connectivity index (χ3n) is 3.17. The lowest BCUT2D eigenvalue weighted by molar-refractivity contribution is -0.140. The van der Waals surface area contributed by atoms with E-state index in [0.29, 0.717) is 5.56 Å². The standard InChI is InChI=1S/C15H21NO3/c1-3-4-5-11-6-8-12(9-7-11)13(15(18)19)10-14(17)16-2/h6-9,13H,3-5,10H2,1-2H3,(H,16,17)(H,18,19). The normalized spacial score (nSPS) is 11.9. The highest BCUT2D eigenvalue weighted by Gasteiger charge is 2.22. The monoisotopic (exact) mass is 263 g/mol. The van der Waals surface area contributed by atoms with Crippen molar-refractivity contribution in [1.82, 2.24) is 5.32 Å². The molecule has 0 aliphatic rings. The van der Waals surface area contributed by atoms with Gasteiger partial charge in [0.05, 0.1) is 5.92 Å². The molecular formula is C15H21NO3. The second-order valence-corrected chi connectivity index (χ2v) is 4.61. The molecule has 0 heterocycles. The average Bonchev–Trinajstić information content (AvgIpc) is 2.42. The fourth-order valence-electron chi connectivity index (χ4n) is 1.93. The molecule has 0 aliphatic carbocycles. The number of hydrogen-bond acceptors (Lipinski definition) is 2. The topological polar surface area (TPSA) is 66.4 Å². The first-order chi connectivity index (χ1) is 9.08.